The average Bonchev–Trinajstić information content (AvgIpc) is 2.35. The number of fused-ring (bicyclic) bond motifs is 2. The van der Waals surface area contributed by atoms with Gasteiger partial charge in [-0.3, -0.25) is 0 Å². The highest BCUT2D eigenvalue weighted by Gasteiger charge is 2.44. The second-order valence-corrected chi connectivity index (χ2v) is 3.88. The van der Waals surface area contributed by atoms with Gasteiger partial charge in [-0.1, -0.05) is 20.8 Å². The zero-order valence-electron chi connectivity index (χ0n) is 16.0. The second-order valence-electron chi connectivity index (χ2n) is 3.88. The van der Waals surface area contributed by atoms with Crippen molar-refractivity contribution < 1.29 is 12.3 Å². The molecule has 0 aromatic heterocycles. The Labute approximate surface area is 82.2 Å². The van der Waals surface area contributed by atoms with E-state index in [0.717, 1.165) is 0 Å². The first-order valence-corrected chi connectivity index (χ1v) is 3.75. The molecule has 1 aliphatic heterocycles. The van der Waals surface area contributed by atoms with E-state index in [1.165, 1.54) is 20.8 Å². The van der Waals surface area contributed by atoms with Crippen LogP contribution in [0.4, 0.5) is 0 Å². The van der Waals surface area contributed by atoms with Gasteiger partial charge >= 0.3 is 0 Å². The minimum Gasteiger partial charge on any atom is -0.314 e. The van der Waals surface area contributed by atoms with Gasteiger partial charge < -0.3 is 5.32 Å². The summed E-state index contributed by atoms with van der Waals surface area (Å²) in [6.45, 7) is 1.75. The molecule has 0 spiro atoms. The van der Waals surface area contributed by atoms with Crippen LogP contribution in [0.3, 0.4) is 0 Å². The first-order valence-electron chi connectivity index (χ1n) is 8.25. The van der Waals surface area contributed by atoms with Crippen LogP contribution in [0.15, 0.2) is 0 Å². The Balaban J connectivity index is 2.93. The molecule has 1 aliphatic carbocycles. The van der Waals surface area contributed by atoms with Crippen molar-refractivity contribution in [3.8, 4) is 0 Å². The maximum Gasteiger partial charge on any atom is 0.0465 e. The van der Waals surface area contributed by atoms with Crippen LogP contribution >= 0.6 is 0 Å². The standard InChI is InChI=1S/C10H19N/c1-10(2,3)9-5-8-4-7(9)6-11-8/h7-9,11H,4-6H2,1-3H3/t7-,8-,9?/m0/s1/i4D2,5D2,6D2,7D,8D,9D. The number of rotatable bonds is 0. The summed E-state index contributed by atoms with van der Waals surface area (Å²) in [4.78, 5) is 0. The molecule has 2 fully saturated rings. The zero-order chi connectivity index (χ0) is 16.2. The van der Waals surface area contributed by atoms with E-state index < -0.39 is 42.5 Å². The summed E-state index contributed by atoms with van der Waals surface area (Å²) < 4.78 is 73.2. The molecule has 1 unspecified atom stereocenters. The smallest absolute Gasteiger partial charge is 0.0465 e. The van der Waals surface area contributed by atoms with E-state index in [0.29, 0.717) is 0 Å². The molecule has 11 heavy (non-hydrogen) atoms. The van der Waals surface area contributed by atoms with Crippen LogP contribution in [0.25, 0.3) is 0 Å². The minimum atomic E-state index is -2.86. The van der Waals surface area contributed by atoms with Gasteiger partial charge in [-0.25, -0.2) is 0 Å². The fraction of sp³-hybridized carbons (Fsp3) is 1.00. The molecule has 1 N–H and O–H groups in total. The lowest BCUT2D eigenvalue weighted by molar-refractivity contribution is 0.170. The Hall–Kier alpha value is -0.0400. The fourth-order valence-electron chi connectivity index (χ4n) is 1.25. The summed E-state index contributed by atoms with van der Waals surface area (Å²) in [7, 11) is 0. The van der Waals surface area contributed by atoms with Crippen LogP contribution in [0, 0.1) is 17.2 Å². The number of nitrogens with one attached hydrogen (secondary N) is 1. The quantitative estimate of drug-likeness (QED) is 0.575. The van der Waals surface area contributed by atoms with Gasteiger partial charge in [0.15, 0.2) is 0 Å². The first-order chi connectivity index (χ1) is 8.46. The highest BCUT2D eigenvalue weighted by atomic mass is 15.0. The molecule has 2 aliphatic rings. The maximum atomic E-state index is 8.55. The van der Waals surface area contributed by atoms with Crippen LogP contribution in [0.5, 0.6) is 0 Å². The Kier molecular flexibility index (Phi) is 0.500. The highest BCUT2D eigenvalue weighted by Crippen LogP contribution is 2.46. The van der Waals surface area contributed by atoms with E-state index in [-0.39, 0.29) is 0 Å². The van der Waals surface area contributed by atoms with Crippen molar-refractivity contribution in [3.05, 3.63) is 0 Å². The summed E-state index contributed by atoms with van der Waals surface area (Å²) in [5.74, 6) is -5.19. The number of hydrogen-bond donors (Lipinski definition) is 1. The third kappa shape index (κ3) is 1.20. The van der Waals surface area contributed by atoms with Gasteiger partial charge in [-0.05, 0) is 36.4 Å². The lowest BCUT2D eigenvalue weighted by Gasteiger charge is -2.34. The summed E-state index contributed by atoms with van der Waals surface area (Å²) in [6, 6.07) is -2.69. The van der Waals surface area contributed by atoms with Crippen LogP contribution < -0.4 is 5.32 Å². The van der Waals surface area contributed by atoms with Crippen LogP contribution in [-0.2, 0) is 0 Å². The van der Waals surface area contributed by atoms with Crippen molar-refractivity contribution in [1.29, 1.82) is 0 Å². The lowest BCUT2D eigenvalue weighted by Crippen LogP contribution is -2.35. The molecule has 1 saturated carbocycles. The van der Waals surface area contributed by atoms with Crippen molar-refractivity contribution in [1.82, 2.24) is 5.32 Å². The van der Waals surface area contributed by atoms with E-state index in [9.17, 15) is 0 Å². The van der Waals surface area contributed by atoms with Gasteiger partial charge in [0.1, 0.15) is 0 Å². The third-order valence-corrected chi connectivity index (χ3v) is 1.81. The highest BCUT2D eigenvalue weighted by molar-refractivity contribution is 4.98. The summed E-state index contributed by atoms with van der Waals surface area (Å²) in [5.41, 5.74) is -1.23. The van der Waals surface area contributed by atoms with Gasteiger partial charge in [0.05, 0.1) is 0 Å². The molecular weight excluding hydrogens is 134 g/mol. The number of piperidine rings is 1. The molecule has 1 saturated heterocycles. The predicted octanol–water partition coefficient (Wildman–Crippen LogP) is 2.03. The van der Waals surface area contributed by atoms with E-state index in [1.54, 1.807) is 0 Å². The van der Waals surface area contributed by atoms with Crippen molar-refractivity contribution in [2.45, 2.75) is 39.5 Å². The topological polar surface area (TPSA) is 12.0 Å². The van der Waals surface area contributed by atoms with E-state index in [1.807, 2.05) is 5.32 Å². The van der Waals surface area contributed by atoms with Gasteiger partial charge in [0.25, 0.3) is 0 Å². The van der Waals surface area contributed by atoms with Crippen LogP contribution in [0.1, 0.15) is 45.9 Å². The van der Waals surface area contributed by atoms with Gasteiger partial charge in [-0.2, -0.15) is 0 Å². The van der Waals surface area contributed by atoms with E-state index in [2.05, 4.69) is 0 Å². The molecule has 0 aromatic rings. The van der Waals surface area contributed by atoms with Crippen molar-refractivity contribution >= 4 is 0 Å². The molecule has 64 valence electrons. The Morgan fingerprint density at radius 3 is 2.64 bits per heavy atom. The molecule has 0 aromatic carbocycles. The average molecular weight is 162 g/mol. The van der Waals surface area contributed by atoms with Crippen LogP contribution in [-0.4, -0.2) is 12.5 Å². The van der Waals surface area contributed by atoms with Crippen molar-refractivity contribution in [2.75, 3.05) is 6.50 Å². The summed E-state index contributed by atoms with van der Waals surface area (Å²) in [5, 5.41) is 2.00. The summed E-state index contributed by atoms with van der Waals surface area (Å²) >= 11 is 0. The Morgan fingerprint density at radius 1 is 1.45 bits per heavy atom. The molecule has 2 bridgehead atoms. The molecule has 0 amide bonds. The first kappa shape index (κ1) is 2.47. The molecule has 1 heterocycles. The fourth-order valence-corrected chi connectivity index (χ4v) is 1.25. The number of hydrogen-bond acceptors (Lipinski definition) is 1. The summed E-state index contributed by atoms with van der Waals surface area (Å²) in [6.07, 6.45) is -5.60. The SMILES string of the molecule is [2H]C1([2H])C([2H])(C(C)(C)C)[C@]2([2H])C([2H])([2H])N[C@@]1([2H])C2([2H])[2H]. The van der Waals surface area contributed by atoms with Crippen LogP contribution in [0.2, 0.25) is 0 Å². The van der Waals surface area contributed by atoms with Crippen molar-refractivity contribution in [3.63, 3.8) is 0 Å². The largest absolute Gasteiger partial charge is 0.314 e. The van der Waals surface area contributed by atoms with Gasteiger partial charge in [0, 0.05) is 18.4 Å². The minimum absolute atomic E-state index is 1.23. The lowest BCUT2D eigenvalue weighted by atomic mass is 9.74. The normalized spacial score (nSPS) is 89.2. The van der Waals surface area contributed by atoms with Gasteiger partial charge in [0.2, 0.25) is 0 Å². The molecular formula is C10H19N. The predicted molar refractivity (Wildman–Crippen MR) is 47.5 cm³/mol. The molecule has 3 atom stereocenters. The maximum absolute atomic E-state index is 8.55. The van der Waals surface area contributed by atoms with Gasteiger partial charge in [-0.15, -0.1) is 0 Å². The Morgan fingerprint density at radius 2 is 2.18 bits per heavy atom. The molecule has 0 radical (unpaired) electrons. The van der Waals surface area contributed by atoms with E-state index >= 15 is 0 Å². The molecule has 2 rings (SSSR count). The zero-order valence-corrected chi connectivity index (χ0v) is 7.00. The molecule has 1 nitrogen and oxygen atoms in total. The molecule has 1 heteroatoms. The second kappa shape index (κ2) is 2.22. The van der Waals surface area contributed by atoms with Crippen molar-refractivity contribution in [2.24, 2.45) is 17.2 Å². The monoisotopic (exact) mass is 162 g/mol. The Bertz CT molecular complexity index is 468. The van der Waals surface area contributed by atoms with E-state index in [4.69, 9.17) is 12.3 Å². The third-order valence-electron chi connectivity index (χ3n) is 1.81.